The molecule has 3 aliphatic rings. The van der Waals surface area contributed by atoms with E-state index in [0.717, 1.165) is 18.4 Å². The van der Waals surface area contributed by atoms with Gasteiger partial charge in [0.05, 0.1) is 4.90 Å². The van der Waals surface area contributed by atoms with Gasteiger partial charge in [-0.25, -0.2) is 12.8 Å². The Morgan fingerprint density at radius 3 is 2.58 bits per heavy atom. The molecule has 1 N–H and O–H groups in total. The number of halogens is 1. The van der Waals surface area contributed by atoms with Gasteiger partial charge in [0.25, 0.3) is 0 Å². The van der Waals surface area contributed by atoms with Gasteiger partial charge >= 0.3 is 0 Å². The summed E-state index contributed by atoms with van der Waals surface area (Å²) < 4.78 is 52.6. The number of piperidine rings is 1. The zero-order chi connectivity index (χ0) is 21.6. The van der Waals surface area contributed by atoms with Crippen molar-refractivity contribution in [3.8, 4) is 11.5 Å². The van der Waals surface area contributed by atoms with E-state index in [9.17, 15) is 17.6 Å². The molecule has 2 heterocycles. The summed E-state index contributed by atoms with van der Waals surface area (Å²) in [7, 11) is -3.90. The zero-order valence-electron chi connectivity index (χ0n) is 16.8. The topological polar surface area (TPSA) is 84.9 Å². The molecule has 3 atom stereocenters. The molecule has 1 saturated carbocycles. The molecular formula is C22H23FN2O5S. The maximum absolute atomic E-state index is 13.5. The first-order chi connectivity index (χ1) is 14.9. The van der Waals surface area contributed by atoms with Crippen molar-refractivity contribution in [2.45, 2.75) is 42.8 Å². The monoisotopic (exact) mass is 446 g/mol. The van der Waals surface area contributed by atoms with E-state index in [1.165, 1.54) is 28.6 Å². The Labute approximate surface area is 180 Å². The number of sulfonamides is 1. The summed E-state index contributed by atoms with van der Waals surface area (Å²) in [4.78, 5) is 13.2. The number of fused-ring (bicyclic) bond motifs is 3. The quantitative estimate of drug-likeness (QED) is 0.763. The van der Waals surface area contributed by atoms with Crippen LogP contribution in [0.5, 0.6) is 11.5 Å². The van der Waals surface area contributed by atoms with Crippen LogP contribution in [0.1, 0.15) is 24.8 Å². The highest BCUT2D eigenvalue weighted by atomic mass is 32.2. The van der Waals surface area contributed by atoms with Gasteiger partial charge in [-0.15, -0.1) is 0 Å². The number of rotatable bonds is 5. The second kappa shape index (κ2) is 7.80. The summed E-state index contributed by atoms with van der Waals surface area (Å²) in [6.45, 7) is 0.996. The average molecular weight is 447 g/mol. The van der Waals surface area contributed by atoms with Gasteiger partial charge in [0.15, 0.2) is 11.5 Å². The number of hydrogen-bond donors (Lipinski definition) is 1. The first-order valence-electron chi connectivity index (χ1n) is 10.4. The average Bonchev–Trinajstić information content (AvgIpc) is 3.40. The highest BCUT2D eigenvalue weighted by molar-refractivity contribution is 7.89. The van der Waals surface area contributed by atoms with E-state index in [4.69, 9.17) is 9.47 Å². The molecule has 5 rings (SSSR count). The highest BCUT2D eigenvalue weighted by Crippen LogP contribution is 2.46. The second-order valence-corrected chi connectivity index (χ2v) is 10.00. The van der Waals surface area contributed by atoms with Gasteiger partial charge in [0, 0.05) is 18.7 Å². The van der Waals surface area contributed by atoms with Gasteiger partial charge in [-0.1, -0.05) is 12.1 Å². The molecule has 0 unspecified atom stereocenters. The molecule has 2 bridgehead atoms. The lowest BCUT2D eigenvalue weighted by molar-refractivity contribution is -0.126. The summed E-state index contributed by atoms with van der Waals surface area (Å²) >= 11 is 0. The number of ether oxygens (including phenoxy) is 2. The third-order valence-corrected chi connectivity index (χ3v) is 8.19. The van der Waals surface area contributed by atoms with E-state index >= 15 is 0 Å². The molecule has 1 saturated heterocycles. The van der Waals surface area contributed by atoms with Crippen LogP contribution in [0, 0.1) is 11.7 Å². The highest BCUT2D eigenvalue weighted by Gasteiger charge is 2.54. The van der Waals surface area contributed by atoms with Gasteiger partial charge in [-0.2, -0.15) is 4.31 Å². The number of nitrogens with one attached hydrogen (secondary N) is 1. The van der Waals surface area contributed by atoms with E-state index in [2.05, 4.69) is 5.32 Å². The molecule has 0 aromatic heterocycles. The van der Waals surface area contributed by atoms with Gasteiger partial charge < -0.3 is 14.8 Å². The molecule has 2 aliphatic heterocycles. The third kappa shape index (κ3) is 3.65. The minimum atomic E-state index is -3.90. The standard InChI is InChI=1S/C22H23FN2O5S/c23-16-4-1-14(2-5-16)13-24-22(26)21-15-3-6-17(11-15)25(21)31(27,28)18-7-8-19-20(12-18)30-10-9-29-19/h1-2,4-5,7-8,12,15,17,21H,3,6,9-11,13H2,(H,24,26)/t15-,17-,21+/m0/s1. The van der Waals surface area contributed by atoms with Crippen molar-refractivity contribution in [3.63, 3.8) is 0 Å². The molecule has 7 nitrogen and oxygen atoms in total. The summed E-state index contributed by atoms with van der Waals surface area (Å²) in [5.41, 5.74) is 0.749. The van der Waals surface area contributed by atoms with Gasteiger partial charge in [-0.05, 0) is 55.0 Å². The molecule has 31 heavy (non-hydrogen) atoms. The van der Waals surface area contributed by atoms with Crippen molar-refractivity contribution in [2.75, 3.05) is 13.2 Å². The molecule has 0 spiro atoms. The summed E-state index contributed by atoms with van der Waals surface area (Å²) in [6, 6.07) is 9.49. The maximum atomic E-state index is 13.5. The zero-order valence-corrected chi connectivity index (χ0v) is 17.6. The Bertz CT molecular complexity index is 1110. The lowest BCUT2D eigenvalue weighted by atomic mass is 9.99. The van der Waals surface area contributed by atoms with Crippen LogP contribution in [0.4, 0.5) is 4.39 Å². The lowest BCUT2D eigenvalue weighted by Gasteiger charge is -2.33. The first-order valence-corrected chi connectivity index (χ1v) is 11.8. The number of carbonyl (C=O) groups excluding carboxylic acids is 1. The largest absolute Gasteiger partial charge is 0.486 e. The predicted octanol–water partition coefficient (Wildman–Crippen LogP) is 2.45. The normalized spacial score (nSPS) is 24.9. The van der Waals surface area contributed by atoms with Crippen LogP contribution in [-0.2, 0) is 21.4 Å². The molecule has 2 aromatic rings. The molecule has 164 valence electrons. The molecule has 9 heteroatoms. The van der Waals surface area contributed by atoms with E-state index in [1.807, 2.05) is 0 Å². The maximum Gasteiger partial charge on any atom is 0.244 e. The van der Waals surface area contributed by atoms with Crippen LogP contribution in [0.3, 0.4) is 0 Å². The van der Waals surface area contributed by atoms with Crippen molar-refractivity contribution in [2.24, 2.45) is 5.92 Å². The van der Waals surface area contributed by atoms with E-state index in [1.54, 1.807) is 18.2 Å². The first kappa shape index (κ1) is 20.3. The van der Waals surface area contributed by atoms with Crippen LogP contribution in [-0.4, -0.2) is 43.9 Å². The van der Waals surface area contributed by atoms with Crippen LogP contribution in [0.2, 0.25) is 0 Å². The molecule has 2 aromatic carbocycles. The second-order valence-electron chi connectivity index (χ2n) is 8.16. The number of nitrogens with zero attached hydrogens (tertiary/aromatic N) is 1. The minimum Gasteiger partial charge on any atom is -0.486 e. The predicted molar refractivity (Wildman–Crippen MR) is 110 cm³/mol. The van der Waals surface area contributed by atoms with E-state index in [0.29, 0.717) is 31.1 Å². The third-order valence-electron chi connectivity index (χ3n) is 6.26. The Morgan fingerprint density at radius 2 is 1.81 bits per heavy atom. The SMILES string of the molecule is O=C(NCc1ccc(F)cc1)[C@H]1[C@H]2CC[C@@H](C2)N1S(=O)(=O)c1ccc2c(c1)OCCO2. The fourth-order valence-corrected chi connectivity index (χ4v) is 6.71. The van der Waals surface area contributed by atoms with Crippen LogP contribution >= 0.6 is 0 Å². The van der Waals surface area contributed by atoms with Crippen molar-refractivity contribution >= 4 is 15.9 Å². The molecule has 1 amide bonds. The van der Waals surface area contributed by atoms with E-state index < -0.39 is 16.1 Å². The Kier molecular flexibility index (Phi) is 5.10. The Hall–Kier alpha value is -2.65. The van der Waals surface area contributed by atoms with Gasteiger partial charge in [-0.3, -0.25) is 4.79 Å². The number of amides is 1. The van der Waals surface area contributed by atoms with Crippen molar-refractivity contribution in [1.29, 1.82) is 0 Å². The van der Waals surface area contributed by atoms with Gasteiger partial charge in [0.2, 0.25) is 15.9 Å². The number of benzene rings is 2. The van der Waals surface area contributed by atoms with E-state index in [-0.39, 0.29) is 35.1 Å². The van der Waals surface area contributed by atoms with Gasteiger partial charge in [0.1, 0.15) is 25.1 Å². The van der Waals surface area contributed by atoms with Crippen LogP contribution < -0.4 is 14.8 Å². The smallest absolute Gasteiger partial charge is 0.244 e. The fourth-order valence-electron chi connectivity index (χ4n) is 4.82. The molecule has 2 fully saturated rings. The minimum absolute atomic E-state index is 0.00907. The Balaban J connectivity index is 1.39. The number of hydrogen-bond acceptors (Lipinski definition) is 5. The van der Waals surface area contributed by atoms with Crippen molar-refractivity contribution < 1.29 is 27.1 Å². The molecule has 0 radical (unpaired) electrons. The fraction of sp³-hybridized carbons (Fsp3) is 0.409. The van der Waals surface area contributed by atoms with Crippen LogP contribution in [0.15, 0.2) is 47.4 Å². The summed E-state index contributed by atoms with van der Waals surface area (Å²) in [5.74, 6) is 0.235. The molecular weight excluding hydrogens is 423 g/mol. The number of carbonyl (C=O) groups is 1. The summed E-state index contributed by atoms with van der Waals surface area (Å²) in [6.07, 6.45) is 2.25. The van der Waals surface area contributed by atoms with Crippen molar-refractivity contribution in [1.82, 2.24) is 9.62 Å². The lowest BCUT2D eigenvalue weighted by Crippen LogP contribution is -2.52. The Morgan fingerprint density at radius 1 is 1.06 bits per heavy atom. The van der Waals surface area contributed by atoms with Crippen LogP contribution in [0.25, 0.3) is 0 Å². The van der Waals surface area contributed by atoms with Crippen molar-refractivity contribution in [3.05, 3.63) is 53.8 Å². The molecule has 1 aliphatic carbocycles. The summed E-state index contributed by atoms with van der Waals surface area (Å²) in [5, 5.41) is 2.84.